The predicted octanol–water partition coefficient (Wildman–Crippen LogP) is 3.05. The number of aromatic nitrogens is 2. The first-order valence-electron chi connectivity index (χ1n) is 11.2. The molecule has 8 nitrogen and oxygen atoms in total. The van der Waals surface area contributed by atoms with Gasteiger partial charge in [0.1, 0.15) is 0 Å². The average molecular weight is 480 g/mol. The van der Waals surface area contributed by atoms with Crippen LogP contribution in [0.25, 0.3) is 11.8 Å². The number of aryl methyl sites for hydroxylation is 1. The molecule has 34 heavy (non-hydrogen) atoms. The number of benzene rings is 2. The van der Waals surface area contributed by atoms with Crippen LogP contribution in [0.3, 0.4) is 0 Å². The molecular weight excluding hydrogens is 450 g/mol. The van der Waals surface area contributed by atoms with Gasteiger partial charge in [-0.2, -0.15) is 9.40 Å². The number of anilines is 1. The van der Waals surface area contributed by atoms with Crippen LogP contribution in [0.15, 0.2) is 66.1 Å². The summed E-state index contributed by atoms with van der Waals surface area (Å²) in [6.45, 7) is 5.67. The van der Waals surface area contributed by atoms with Crippen LogP contribution in [-0.2, 0) is 14.8 Å². The lowest BCUT2D eigenvalue weighted by atomic mass is 10.2. The molecule has 1 N–H and O–H groups in total. The standard InChI is InChI=1S/C25H29N5O3S/c1-20-25(21(2)30(27-20)23-11-7-4-8-12-23)26-24(31)19-28-14-16-29(17-15-28)34(32,33)18-13-22-9-5-3-6-10-22/h3-13,18H,14-17,19H2,1-2H3,(H,26,31). The number of sulfonamides is 1. The molecule has 1 amide bonds. The van der Waals surface area contributed by atoms with Crippen LogP contribution in [0, 0.1) is 13.8 Å². The molecule has 4 rings (SSSR count). The van der Waals surface area contributed by atoms with Gasteiger partial charge in [0.2, 0.25) is 15.9 Å². The highest BCUT2D eigenvalue weighted by Crippen LogP contribution is 2.23. The van der Waals surface area contributed by atoms with Crippen molar-refractivity contribution >= 4 is 27.7 Å². The Morgan fingerprint density at radius 1 is 0.971 bits per heavy atom. The molecule has 1 fully saturated rings. The first-order chi connectivity index (χ1) is 16.3. The second kappa shape index (κ2) is 10.3. The van der Waals surface area contributed by atoms with E-state index in [0.717, 1.165) is 22.6 Å². The van der Waals surface area contributed by atoms with Crippen LogP contribution in [0.2, 0.25) is 0 Å². The molecule has 0 bridgehead atoms. The van der Waals surface area contributed by atoms with Gasteiger partial charge in [-0.1, -0.05) is 48.5 Å². The number of hydrogen-bond acceptors (Lipinski definition) is 5. The Balaban J connectivity index is 1.32. The van der Waals surface area contributed by atoms with Gasteiger partial charge in [0.05, 0.1) is 29.3 Å². The largest absolute Gasteiger partial charge is 0.322 e. The zero-order valence-electron chi connectivity index (χ0n) is 19.4. The maximum Gasteiger partial charge on any atom is 0.238 e. The fourth-order valence-corrected chi connectivity index (χ4v) is 5.16. The number of amides is 1. The normalized spacial score (nSPS) is 15.6. The van der Waals surface area contributed by atoms with Crippen LogP contribution < -0.4 is 5.32 Å². The van der Waals surface area contributed by atoms with E-state index < -0.39 is 10.0 Å². The number of rotatable bonds is 7. The number of carbonyl (C=O) groups excluding carboxylic acids is 1. The van der Waals surface area contributed by atoms with Gasteiger partial charge in [0.25, 0.3) is 0 Å². The molecule has 3 aromatic rings. The maximum absolute atomic E-state index is 12.7. The van der Waals surface area contributed by atoms with E-state index >= 15 is 0 Å². The molecule has 1 aliphatic rings. The molecular formula is C25H29N5O3S. The van der Waals surface area contributed by atoms with Gasteiger partial charge >= 0.3 is 0 Å². The predicted molar refractivity (Wildman–Crippen MR) is 134 cm³/mol. The van der Waals surface area contributed by atoms with Crippen molar-refractivity contribution in [2.45, 2.75) is 13.8 Å². The summed E-state index contributed by atoms with van der Waals surface area (Å²) in [6, 6.07) is 19.1. The third-order valence-electron chi connectivity index (χ3n) is 5.85. The SMILES string of the molecule is Cc1nn(-c2ccccc2)c(C)c1NC(=O)CN1CCN(S(=O)(=O)C=Cc2ccccc2)CC1. The molecule has 0 aliphatic carbocycles. The lowest BCUT2D eigenvalue weighted by Gasteiger charge is -2.32. The smallest absolute Gasteiger partial charge is 0.238 e. The topological polar surface area (TPSA) is 87.5 Å². The van der Waals surface area contributed by atoms with Crippen molar-refractivity contribution in [1.82, 2.24) is 19.0 Å². The zero-order chi connectivity index (χ0) is 24.1. The van der Waals surface area contributed by atoms with E-state index in [9.17, 15) is 13.2 Å². The van der Waals surface area contributed by atoms with E-state index in [1.165, 1.54) is 9.71 Å². The minimum atomic E-state index is -3.50. The highest BCUT2D eigenvalue weighted by atomic mass is 32.2. The van der Waals surface area contributed by atoms with E-state index in [1.54, 1.807) is 6.08 Å². The molecule has 0 radical (unpaired) electrons. The third kappa shape index (κ3) is 5.61. The highest BCUT2D eigenvalue weighted by Gasteiger charge is 2.26. The van der Waals surface area contributed by atoms with Gasteiger partial charge in [-0.25, -0.2) is 13.1 Å². The Morgan fingerprint density at radius 2 is 1.59 bits per heavy atom. The molecule has 1 aliphatic heterocycles. The van der Waals surface area contributed by atoms with Crippen LogP contribution in [0.1, 0.15) is 17.0 Å². The number of hydrogen-bond donors (Lipinski definition) is 1. The Bertz CT molecular complexity index is 1260. The van der Waals surface area contributed by atoms with Crippen LogP contribution in [0.5, 0.6) is 0 Å². The van der Waals surface area contributed by atoms with Crippen molar-refractivity contribution in [1.29, 1.82) is 0 Å². The number of nitrogens with one attached hydrogen (secondary N) is 1. The van der Waals surface area contributed by atoms with E-state index in [2.05, 4.69) is 10.4 Å². The number of para-hydroxylation sites is 1. The molecule has 0 atom stereocenters. The van der Waals surface area contributed by atoms with Gasteiger partial charge in [0.15, 0.2) is 0 Å². The number of carbonyl (C=O) groups is 1. The summed E-state index contributed by atoms with van der Waals surface area (Å²) in [5, 5.41) is 8.80. The number of piperazine rings is 1. The second-order valence-corrected chi connectivity index (χ2v) is 10.1. The van der Waals surface area contributed by atoms with E-state index in [4.69, 9.17) is 0 Å². The molecule has 2 aromatic carbocycles. The molecule has 1 aromatic heterocycles. The Morgan fingerprint density at radius 3 is 2.24 bits per heavy atom. The summed E-state index contributed by atoms with van der Waals surface area (Å²) in [7, 11) is -3.50. The maximum atomic E-state index is 12.7. The van der Waals surface area contributed by atoms with Crippen molar-refractivity contribution < 1.29 is 13.2 Å². The Kier molecular flexibility index (Phi) is 7.26. The molecule has 178 valence electrons. The Hall–Kier alpha value is -3.27. The molecule has 2 heterocycles. The monoisotopic (exact) mass is 479 g/mol. The first kappa shape index (κ1) is 23.9. The average Bonchev–Trinajstić information content (AvgIpc) is 3.12. The molecule has 0 saturated carbocycles. The first-order valence-corrected chi connectivity index (χ1v) is 12.7. The van der Waals surface area contributed by atoms with Gasteiger partial charge in [-0.15, -0.1) is 0 Å². The quantitative estimate of drug-likeness (QED) is 0.563. The van der Waals surface area contributed by atoms with Gasteiger partial charge < -0.3 is 5.32 Å². The molecule has 9 heteroatoms. The summed E-state index contributed by atoms with van der Waals surface area (Å²) in [4.78, 5) is 14.7. The minimum absolute atomic E-state index is 0.140. The summed E-state index contributed by atoms with van der Waals surface area (Å²) in [5.74, 6) is -0.140. The second-order valence-electron chi connectivity index (χ2n) is 8.27. The van der Waals surface area contributed by atoms with Crippen molar-refractivity contribution in [2.24, 2.45) is 0 Å². The molecule has 0 spiro atoms. The molecule has 0 unspecified atom stereocenters. The molecule has 1 saturated heterocycles. The number of nitrogens with zero attached hydrogens (tertiary/aromatic N) is 4. The Labute approximate surface area is 200 Å². The summed E-state index contributed by atoms with van der Waals surface area (Å²) in [5.41, 5.74) is 4.08. The minimum Gasteiger partial charge on any atom is -0.322 e. The van der Waals surface area contributed by atoms with Gasteiger partial charge in [-0.3, -0.25) is 9.69 Å². The summed E-state index contributed by atoms with van der Waals surface area (Å²) in [6.07, 6.45) is 1.61. The van der Waals surface area contributed by atoms with E-state index in [-0.39, 0.29) is 12.5 Å². The third-order valence-corrected chi connectivity index (χ3v) is 7.41. The van der Waals surface area contributed by atoms with Crippen molar-refractivity contribution in [3.05, 3.63) is 83.0 Å². The van der Waals surface area contributed by atoms with Crippen molar-refractivity contribution in [3.63, 3.8) is 0 Å². The summed E-state index contributed by atoms with van der Waals surface area (Å²) >= 11 is 0. The van der Waals surface area contributed by atoms with Crippen molar-refractivity contribution in [3.8, 4) is 5.69 Å². The summed E-state index contributed by atoms with van der Waals surface area (Å²) < 4.78 is 28.6. The zero-order valence-corrected chi connectivity index (χ0v) is 20.2. The van der Waals surface area contributed by atoms with Crippen LogP contribution in [0.4, 0.5) is 5.69 Å². The van der Waals surface area contributed by atoms with Crippen molar-refractivity contribution in [2.75, 3.05) is 38.0 Å². The fourth-order valence-electron chi connectivity index (χ4n) is 3.98. The lowest BCUT2D eigenvalue weighted by molar-refractivity contribution is -0.117. The van der Waals surface area contributed by atoms with Gasteiger partial charge in [-0.05, 0) is 37.6 Å². The van der Waals surface area contributed by atoms with Crippen LogP contribution >= 0.6 is 0 Å². The highest BCUT2D eigenvalue weighted by molar-refractivity contribution is 7.92. The fraction of sp³-hybridized carbons (Fsp3) is 0.280. The van der Waals surface area contributed by atoms with E-state index in [1.807, 2.05) is 84.1 Å². The van der Waals surface area contributed by atoms with Crippen LogP contribution in [-0.4, -0.2) is 66.0 Å². The van der Waals surface area contributed by atoms with Gasteiger partial charge in [0, 0.05) is 31.6 Å². The lowest BCUT2D eigenvalue weighted by Crippen LogP contribution is -2.49. The van der Waals surface area contributed by atoms with E-state index in [0.29, 0.717) is 31.9 Å².